The van der Waals surface area contributed by atoms with Crippen molar-refractivity contribution in [2.24, 2.45) is 11.8 Å². The van der Waals surface area contributed by atoms with E-state index in [9.17, 15) is 26.7 Å². The Morgan fingerprint density at radius 3 is 2.14 bits per heavy atom. The molecule has 0 aromatic carbocycles. The van der Waals surface area contributed by atoms with Crippen LogP contribution in [-0.2, 0) is 9.53 Å². The van der Waals surface area contributed by atoms with Crippen molar-refractivity contribution in [2.75, 3.05) is 0 Å². The molecule has 3 nitrogen and oxygen atoms in total. The first kappa shape index (κ1) is 17.2. The highest BCUT2D eigenvalue weighted by atomic mass is 19.4. The van der Waals surface area contributed by atoms with E-state index in [2.05, 4.69) is 6.58 Å². The largest absolute Gasteiger partial charge is 0.449 e. The van der Waals surface area contributed by atoms with Crippen molar-refractivity contribution in [1.82, 2.24) is 0 Å². The molecule has 8 heteroatoms. The predicted molar refractivity (Wildman–Crippen MR) is 66.1 cm³/mol. The number of esters is 1. The lowest BCUT2D eigenvalue weighted by atomic mass is 9.59. The molecular formula is C14H17F5O3. The maximum Gasteiger partial charge on any atom is 0.420 e. The Morgan fingerprint density at radius 1 is 1.23 bits per heavy atom. The number of rotatable bonds is 4. The summed E-state index contributed by atoms with van der Waals surface area (Å²) >= 11 is 0. The van der Waals surface area contributed by atoms with Crippen LogP contribution in [0, 0.1) is 11.8 Å². The highest BCUT2D eigenvalue weighted by Crippen LogP contribution is 2.57. The van der Waals surface area contributed by atoms with Gasteiger partial charge in [-0.3, -0.25) is 0 Å². The van der Waals surface area contributed by atoms with Crippen LogP contribution in [-0.4, -0.2) is 34.9 Å². The van der Waals surface area contributed by atoms with Crippen molar-refractivity contribution in [3.63, 3.8) is 0 Å². The van der Waals surface area contributed by atoms with Gasteiger partial charge in [0, 0.05) is 12.0 Å². The number of carbonyl (C=O) groups is 1. The molecule has 22 heavy (non-hydrogen) atoms. The fraction of sp³-hybridized carbons (Fsp3) is 0.786. The van der Waals surface area contributed by atoms with E-state index in [1.807, 2.05) is 0 Å². The van der Waals surface area contributed by atoms with E-state index in [1.165, 1.54) is 0 Å². The fourth-order valence-corrected chi connectivity index (χ4v) is 3.69. The number of ether oxygens (including phenoxy) is 1. The van der Waals surface area contributed by atoms with Crippen LogP contribution in [0.4, 0.5) is 22.0 Å². The first-order chi connectivity index (χ1) is 10.0. The number of fused-ring (bicyclic) bond motifs is 3. The number of aliphatic hydroxyl groups excluding tert-OH is 1. The molecule has 2 unspecified atom stereocenters. The molecule has 0 saturated heterocycles. The van der Waals surface area contributed by atoms with E-state index in [0.717, 1.165) is 0 Å². The molecule has 0 aromatic heterocycles. The highest BCUT2D eigenvalue weighted by Gasteiger charge is 2.72. The summed E-state index contributed by atoms with van der Waals surface area (Å²) in [5.74, 6) is -6.97. The lowest BCUT2D eigenvalue weighted by molar-refractivity contribution is -0.336. The molecule has 3 aliphatic rings. The number of carbonyl (C=O) groups excluding carboxylic acids is 1. The van der Waals surface area contributed by atoms with Crippen LogP contribution in [0.25, 0.3) is 0 Å². The quantitative estimate of drug-likeness (QED) is 0.490. The highest BCUT2D eigenvalue weighted by molar-refractivity contribution is 5.81. The van der Waals surface area contributed by atoms with Crippen molar-refractivity contribution < 1.29 is 36.6 Å². The molecule has 3 fully saturated rings. The average molecular weight is 328 g/mol. The Hall–Kier alpha value is -1.18. The third-order valence-corrected chi connectivity index (χ3v) is 4.77. The van der Waals surface area contributed by atoms with Gasteiger partial charge in [-0.2, -0.15) is 22.0 Å². The lowest BCUT2D eigenvalue weighted by Crippen LogP contribution is -2.67. The Bertz CT molecular complexity index is 454. The minimum atomic E-state index is -5.51. The Morgan fingerprint density at radius 2 is 1.77 bits per heavy atom. The van der Waals surface area contributed by atoms with E-state index in [0.29, 0.717) is 18.9 Å². The lowest BCUT2D eigenvalue weighted by Gasteiger charge is -2.54. The zero-order valence-corrected chi connectivity index (χ0v) is 11.7. The minimum absolute atomic E-state index is 0.242. The molecule has 3 rings (SSSR count). The monoisotopic (exact) mass is 328 g/mol. The molecule has 2 atom stereocenters. The molecule has 126 valence electrons. The topological polar surface area (TPSA) is 46.5 Å². The summed E-state index contributed by atoms with van der Waals surface area (Å²) in [4.78, 5) is 11.4. The van der Waals surface area contributed by atoms with E-state index >= 15 is 0 Å². The van der Waals surface area contributed by atoms with E-state index in [4.69, 9.17) is 9.84 Å². The predicted octanol–water partition coefficient (Wildman–Crippen LogP) is 3.22. The van der Waals surface area contributed by atoms with Crippen LogP contribution >= 0.6 is 0 Å². The maximum absolute atomic E-state index is 14.5. The summed E-state index contributed by atoms with van der Waals surface area (Å²) in [7, 11) is 0. The van der Waals surface area contributed by atoms with Gasteiger partial charge in [0.25, 0.3) is 0 Å². The number of halogens is 5. The number of hydrogen-bond acceptors (Lipinski definition) is 3. The van der Waals surface area contributed by atoms with Gasteiger partial charge in [0.1, 0.15) is 0 Å². The molecule has 0 radical (unpaired) electrons. The fourth-order valence-electron chi connectivity index (χ4n) is 3.69. The molecule has 0 aromatic rings. The van der Waals surface area contributed by atoms with E-state index in [-0.39, 0.29) is 25.2 Å². The van der Waals surface area contributed by atoms with Gasteiger partial charge in [0.05, 0.1) is 0 Å². The average Bonchev–Trinajstić information content (AvgIpc) is 2.46. The molecule has 0 aliphatic heterocycles. The van der Waals surface area contributed by atoms with Gasteiger partial charge in [0.15, 0.2) is 5.60 Å². The van der Waals surface area contributed by atoms with Crippen LogP contribution < -0.4 is 0 Å². The molecule has 3 saturated carbocycles. The minimum Gasteiger partial charge on any atom is -0.449 e. The van der Waals surface area contributed by atoms with Crippen molar-refractivity contribution in [2.45, 2.75) is 55.9 Å². The van der Waals surface area contributed by atoms with E-state index in [1.54, 1.807) is 0 Å². The third kappa shape index (κ3) is 2.61. The molecule has 3 aliphatic carbocycles. The van der Waals surface area contributed by atoms with Crippen LogP contribution in [0.1, 0.15) is 32.1 Å². The summed E-state index contributed by atoms with van der Waals surface area (Å²) in [5, 5.41) is 9.15. The summed E-state index contributed by atoms with van der Waals surface area (Å²) in [6.07, 6.45) is -7.42. The van der Waals surface area contributed by atoms with Crippen molar-refractivity contribution in [1.29, 1.82) is 0 Å². The Labute approximate surface area is 124 Å². The van der Waals surface area contributed by atoms with Crippen molar-refractivity contribution >= 4 is 5.97 Å². The normalized spacial score (nSPS) is 33.4. The third-order valence-electron chi connectivity index (χ3n) is 4.77. The van der Waals surface area contributed by atoms with E-state index < -0.39 is 35.7 Å². The first-order valence-electron chi connectivity index (χ1n) is 7.02. The van der Waals surface area contributed by atoms with Gasteiger partial charge in [-0.1, -0.05) is 6.58 Å². The summed E-state index contributed by atoms with van der Waals surface area (Å²) < 4.78 is 71.8. The molecule has 0 amide bonds. The number of aliphatic hydroxyl groups is 1. The van der Waals surface area contributed by atoms with Crippen molar-refractivity contribution in [3.05, 3.63) is 12.7 Å². The smallest absolute Gasteiger partial charge is 0.420 e. The summed E-state index contributed by atoms with van der Waals surface area (Å²) in [6, 6.07) is 0. The first-order valence-corrected chi connectivity index (χ1v) is 7.02. The maximum atomic E-state index is 14.5. The van der Waals surface area contributed by atoms with Crippen LogP contribution in [0.5, 0.6) is 0 Å². The molecular weight excluding hydrogens is 311 g/mol. The van der Waals surface area contributed by atoms with Crippen LogP contribution in [0.2, 0.25) is 0 Å². The zero-order valence-electron chi connectivity index (χ0n) is 11.7. The van der Waals surface area contributed by atoms with Gasteiger partial charge >= 0.3 is 18.1 Å². The Kier molecular flexibility index (Phi) is 4.27. The molecule has 0 spiro atoms. The summed E-state index contributed by atoms with van der Waals surface area (Å²) in [5.41, 5.74) is -2.63. The molecule has 1 N–H and O–H groups in total. The standard InChI is InChI=1S/C14H17F5O3/c1-2-10(20)22-12(7-8-3-5-9(12)6-4-8)13(15,16)11(21)14(17,18)19/h2,8-9,11,21H,1,3-7H2. The van der Waals surface area contributed by atoms with Crippen LogP contribution in [0.15, 0.2) is 12.7 Å². The number of alkyl halides is 5. The second-order valence-electron chi connectivity index (χ2n) is 6.00. The zero-order chi connectivity index (χ0) is 16.8. The molecule has 0 heterocycles. The Balaban J connectivity index is 2.44. The van der Waals surface area contributed by atoms with Crippen LogP contribution in [0.3, 0.4) is 0 Å². The summed E-state index contributed by atoms with van der Waals surface area (Å²) in [6.45, 7) is 3.09. The van der Waals surface area contributed by atoms with Gasteiger partial charge in [0.2, 0.25) is 6.10 Å². The SMILES string of the molecule is C=CC(=O)OC1(C(F)(F)C(O)C(F)(F)F)CC2CCC1CC2. The molecule has 2 bridgehead atoms. The number of hydrogen-bond donors (Lipinski definition) is 1. The van der Waals surface area contributed by atoms with Crippen molar-refractivity contribution in [3.8, 4) is 0 Å². The van der Waals surface area contributed by atoms with Gasteiger partial charge < -0.3 is 9.84 Å². The second-order valence-corrected chi connectivity index (χ2v) is 6.00. The van der Waals surface area contributed by atoms with Gasteiger partial charge in [-0.15, -0.1) is 0 Å². The second kappa shape index (κ2) is 5.47. The van der Waals surface area contributed by atoms with Gasteiger partial charge in [-0.25, -0.2) is 4.79 Å². The van der Waals surface area contributed by atoms with Gasteiger partial charge in [-0.05, 0) is 38.0 Å².